The first-order valence-electron chi connectivity index (χ1n) is 7.08. The predicted molar refractivity (Wildman–Crippen MR) is 91.0 cm³/mol. The number of nitrogens with one attached hydrogen (secondary N) is 1. The van der Waals surface area contributed by atoms with Crippen molar-refractivity contribution in [3.63, 3.8) is 0 Å². The second-order valence-electron chi connectivity index (χ2n) is 5.01. The van der Waals surface area contributed by atoms with Gasteiger partial charge in [-0.05, 0) is 30.3 Å². The van der Waals surface area contributed by atoms with Gasteiger partial charge >= 0.3 is 0 Å². The minimum absolute atomic E-state index is 0.174. The molecular formula is C16H14N4O3S. The molecule has 0 aliphatic rings. The number of nitrogens with zero attached hydrogens (tertiary/aromatic N) is 2. The van der Waals surface area contributed by atoms with Crippen LogP contribution in [0.2, 0.25) is 0 Å². The Kier molecular flexibility index (Phi) is 4.39. The third-order valence-corrected chi connectivity index (χ3v) is 3.98. The van der Waals surface area contributed by atoms with E-state index in [4.69, 9.17) is 10.5 Å². The Bertz CT molecular complexity index is 923. The molecule has 0 aliphatic heterocycles. The fourth-order valence-corrected chi connectivity index (χ4v) is 2.94. The summed E-state index contributed by atoms with van der Waals surface area (Å²) in [5.74, 6) is -0.140. The maximum Gasteiger partial charge on any atom is 0.248 e. The molecule has 2 aromatic heterocycles. The second-order valence-corrected chi connectivity index (χ2v) is 5.99. The molecule has 3 rings (SSSR count). The SMILES string of the molecule is CC(=O)Nc1nc2ccc(COc3cccc(C(N)=O)c3)nc2s1. The molecule has 8 heteroatoms. The van der Waals surface area contributed by atoms with Gasteiger partial charge in [-0.2, -0.15) is 0 Å². The van der Waals surface area contributed by atoms with Crippen molar-refractivity contribution in [2.24, 2.45) is 5.73 Å². The number of thiazole rings is 1. The van der Waals surface area contributed by atoms with Crippen molar-refractivity contribution in [3.05, 3.63) is 47.7 Å². The maximum absolute atomic E-state index is 11.2. The third kappa shape index (κ3) is 3.66. The minimum Gasteiger partial charge on any atom is -0.487 e. The van der Waals surface area contributed by atoms with Crippen molar-refractivity contribution in [3.8, 4) is 5.75 Å². The molecule has 0 radical (unpaired) electrons. The van der Waals surface area contributed by atoms with Gasteiger partial charge in [-0.1, -0.05) is 17.4 Å². The van der Waals surface area contributed by atoms with Crippen molar-refractivity contribution < 1.29 is 14.3 Å². The molecule has 0 aliphatic carbocycles. The number of carbonyl (C=O) groups excluding carboxylic acids is 2. The van der Waals surface area contributed by atoms with Gasteiger partial charge in [0, 0.05) is 12.5 Å². The van der Waals surface area contributed by atoms with Crippen molar-refractivity contribution >= 4 is 38.6 Å². The fraction of sp³-hybridized carbons (Fsp3) is 0.125. The normalized spacial score (nSPS) is 10.5. The fourth-order valence-electron chi connectivity index (χ4n) is 2.04. The smallest absolute Gasteiger partial charge is 0.248 e. The second kappa shape index (κ2) is 6.63. The summed E-state index contributed by atoms with van der Waals surface area (Å²) in [6.07, 6.45) is 0. The monoisotopic (exact) mass is 342 g/mol. The lowest BCUT2D eigenvalue weighted by atomic mass is 10.2. The van der Waals surface area contributed by atoms with Crippen LogP contribution < -0.4 is 15.8 Å². The number of hydrogen-bond donors (Lipinski definition) is 2. The first kappa shape index (κ1) is 15.9. The van der Waals surface area contributed by atoms with Crippen LogP contribution >= 0.6 is 11.3 Å². The van der Waals surface area contributed by atoms with E-state index in [0.717, 1.165) is 0 Å². The van der Waals surface area contributed by atoms with E-state index < -0.39 is 5.91 Å². The van der Waals surface area contributed by atoms with E-state index >= 15 is 0 Å². The Morgan fingerprint density at radius 3 is 2.83 bits per heavy atom. The zero-order valence-corrected chi connectivity index (χ0v) is 13.6. The van der Waals surface area contributed by atoms with Gasteiger partial charge in [0.1, 0.15) is 22.7 Å². The van der Waals surface area contributed by atoms with Crippen LogP contribution in [0.4, 0.5) is 5.13 Å². The molecule has 2 amide bonds. The molecule has 1 aromatic carbocycles. The predicted octanol–water partition coefficient (Wildman–Crippen LogP) is 2.33. The minimum atomic E-state index is -0.504. The number of nitrogens with two attached hydrogens (primary N) is 1. The molecule has 0 saturated carbocycles. The van der Waals surface area contributed by atoms with E-state index in [1.54, 1.807) is 30.3 Å². The number of aromatic nitrogens is 2. The Morgan fingerprint density at radius 2 is 2.08 bits per heavy atom. The summed E-state index contributed by atoms with van der Waals surface area (Å²) in [5, 5.41) is 3.15. The summed E-state index contributed by atoms with van der Waals surface area (Å²) >= 11 is 1.30. The van der Waals surface area contributed by atoms with E-state index in [2.05, 4.69) is 15.3 Å². The Balaban J connectivity index is 1.74. The van der Waals surface area contributed by atoms with E-state index in [0.29, 0.717) is 32.5 Å². The van der Waals surface area contributed by atoms with Crippen LogP contribution in [0.3, 0.4) is 0 Å². The van der Waals surface area contributed by atoms with Gasteiger partial charge in [-0.15, -0.1) is 0 Å². The Hall–Kier alpha value is -3.00. The van der Waals surface area contributed by atoms with Crippen LogP contribution in [0.25, 0.3) is 10.3 Å². The molecule has 3 aromatic rings. The van der Waals surface area contributed by atoms with Gasteiger partial charge < -0.3 is 15.8 Å². The number of rotatable bonds is 5. The van der Waals surface area contributed by atoms with Gasteiger partial charge in [-0.3, -0.25) is 9.59 Å². The molecule has 24 heavy (non-hydrogen) atoms. The molecular weight excluding hydrogens is 328 g/mol. The highest BCUT2D eigenvalue weighted by atomic mass is 32.1. The lowest BCUT2D eigenvalue weighted by molar-refractivity contribution is -0.114. The number of benzene rings is 1. The lowest BCUT2D eigenvalue weighted by Crippen LogP contribution is -2.10. The largest absolute Gasteiger partial charge is 0.487 e. The average Bonchev–Trinajstić information content (AvgIpc) is 2.93. The van der Waals surface area contributed by atoms with Gasteiger partial charge in [-0.25, -0.2) is 9.97 Å². The third-order valence-electron chi connectivity index (χ3n) is 3.10. The van der Waals surface area contributed by atoms with Crippen molar-refractivity contribution in [1.29, 1.82) is 0 Å². The molecule has 0 atom stereocenters. The van der Waals surface area contributed by atoms with Gasteiger partial charge in [0.25, 0.3) is 0 Å². The van der Waals surface area contributed by atoms with Crippen LogP contribution in [-0.4, -0.2) is 21.8 Å². The van der Waals surface area contributed by atoms with Crippen LogP contribution in [-0.2, 0) is 11.4 Å². The first-order chi connectivity index (χ1) is 11.5. The molecule has 0 unspecified atom stereocenters. The maximum atomic E-state index is 11.2. The number of primary amides is 1. The number of amides is 2. The molecule has 7 nitrogen and oxygen atoms in total. The number of carbonyl (C=O) groups is 2. The summed E-state index contributed by atoms with van der Waals surface area (Å²) in [6.45, 7) is 1.67. The highest BCUT2D eigenvalue weighted by Crippen LogP contribution is 2.24. The number of pyridine rings is 1. The van der Waals surface area contributed by atoms with Crippen LogP contribution in [0.5, 0.6) is 5.75 Å². The summed E-state index contributed by atoms with van der Waals surface area (Å²) < 4.78 is 5.65. The van der Waals surface area contributed by atoms with Crippen LogP contribution in [0.15, 0.2) is 36.4 Å². The van der Waals surface area contributed by atoms with Crippen molar-refractivity contribution in [2.45, 2.75) is 13.5 Å². The van der Waals surface area contributed by atoms with Crippen LogP contribution in [0, 0.1) is 0 Å². The zero-order chi connectivity index (χ0) is 17.1. The molecule has 0 bridgehead atoms. The summed E-state index contributed by atoms with van der Waals surface area (Å²) in [4.78, 5) is 31.7. The molecule has 0 spiro atoms. The Labute approximate surface area is 141 Å². The van der Waals surface area contributed by atoms with E-state index in [1.165, 1.54) is 18.3 Å². The number of ether oxygens (including phenoxy) is 1. The highest BCUT2D eigenvalue weighted by Gasteiger charge is 2.08. The summed E-state index contributed by atoms with van der Waals surface area (Å²) in [7, 11) is 0. The quantitative estimate of drug-likeness (QED) is 0.740. The van der Waals surface area contributed by atoms with E-state index in [1.807, 2.05) is 6.07 Å². The molecule has 122 valence electrons. The topological polar surface area (TPSA) is 107 Å². The van der Waals surface area contributed by atoms with Gasteiger partial charge in [0.05, 0.1) is 5.69 Å². The molecule has 3 N–H and O–H groups in total. The first-order valence-corrected chi connectivity index (χ1v) is 7.89. The number of fused-ring (bicyclic) bond motifs is 1. The standard InChI is InChI=1S/C16H14N4O3S/c1-9(21)18-16-20-13-6-5-11(19-15(13)24-16)8-23-12-4-2-3-10(7-12)14(17)22/h2-7H,8H2,1H3,(H2,17,22)(H,18,20,21). The number of hydrogen-bond acceptors (Lipinski definition) is 6. The average molecular weight is 342 g/mol. The van der Waals surface area contributed by atoms with Crippen molar-refractivity contribution in [1.82, 2.24) is 9.97 Å². The number of anilines is 1. The summed E-state index contributed by atoms with van der Waals surface area (Å²) in [6, 6.07) is 10.3. The lowest BCUT2D eigenvalue weighted by Gasteiger charge is -2.06. The molecule has 2 heterocycles. The van der Waals surface area contributed by atoms with E-state index in [9.17, 15) is 9.59 Å². The van der Waals surface area contributed by atoms with E-state index in [-0.39, 0.29) is 12.5 Å². The highest BCUT2D eigenvalue weighted by molar-refractivity contribution is 7.21. The molecule has 0 fully saturated rings. The van der Waals surface area contributed by atoms with Gasteiger partial charge in [0.15, 0.2) is 5.13 Å². The Morgan fingerprint density at radius 1 is 1.25 bits per heavy atom. The zero-order valence-electron chi connectivity index (χ0n) is 12.8. The van der Waals surface area contributed by atoms with Gasteiger partial charge in [0.2, 0.25) is 11.8 Å². The summed E-state index contributed by atoms with van der Waals surface area (Å²) in [5.41, 5.74) is 7.06. The van der Waals surface area contributed by atoms with Crippen LogP contribution in [0.1, 0.15) is 23.0 Å². The molecule has 0 saturated heterocycles. The van der Waals surface area contributed by atoms with Crippen molar-refractivity contribution in [2.75, 3.05) is 5.32 Å².